The van der Waals surface area contributed by atoms with Crippen LogP contribution in [0, 0.1) is 5.41 Å². The number of hydrogen-bond donors (Lipinski definition) is 2. The van der Waals surface area contributed by atoms with Crippen molar-refractivity contribution in [2.24, 2.45) is 11.1 Å². The third kappa shape index (κ3) is 4.01. The molecule has 1 heterocycles. The van der Waals surface area contributed by atoms with E-state index in [1.54, 1.807) is 0 Å². The van der Waals surface area contributed by atoms with Crippen LogP contribution in [0.15, 0.2) is 66.7 Å². The molecule has 0 spiro atoms. The van der Waals surface area contributed by atoms with Crippen molar-refractivity contribution >= 4 is 33.5 Å². The predicted molar refractivity (Wildman–Crippen MR) is 123 cm³/mol. The average molecular weight is 415 g/mol. The standard InChI is InChI=1S/C25H26N4O2/c1-25(2,3)22(23(26)30)27-24(31)21-19-13-6-7-14-20(19)29(28-21)15-17-11-8-10-16-9-4-5-12-18(16)17/h4-14,22H,15H2,1-3H3,(H2,26,30)(H,27,31)/t22-/m1/s1. The number of nitrogens with zero attached hydrogens (tertiary/aromatic N) is 2. The maximum absolute atomic E-state index is 13.1. The fourth-order valence-electron chi connectivity index (χ4n) is 3.92. The van der Waals surface area contributed by atoms with Crippen molar-refractivity contribution in [3.63, 3.8) is 0 Å². The van der Waals surface area contributed by atoms with E-state index >= 15 is 0 Å². The van der Waals surface area contributed by atoms with Crippen LogP contribution in [0.25, 0.3) is 21.7 Å². The second-order valence-electron chi connectivity index (χ2n) is 8.84. The number of benzene rings is 3. The molecule has 2 amide bonds. The van der Waals surface area contributed by atoms with Gasteiger partial charge in [0.05, 0.1) is 12.1 Å². The summed E-state index contributed by atoms with van der Waals surface area (Å²) in [6, 6.07) is 21.2. The molecule has 1 aromatic heterocycles. The number of primary amides is 1. The number of rotatable bonds is 5. The van der Waals surface area contributed by atoms with E-state index in [9.17, 15) is 9.59 Å². The molecular weight excluding hydrogens is 388 g/mol. The Bertz CT molecular complexity index is 1280. The van der Waals surface area contributed by atoms with Gasteiger partial charge in [-0.2, -0.15) is 5.10 Å². The number of para-hydroxylation sites is 1. The molecule has 0 fully saturated rings. The molecule has 0 aliphatic carbocycles. The zero-order valence-electron chi connectivity index (χ0n) is 17.9. The van der Waals surface area contributed by atoms with Gasteiger partial charge in [-0.05, 0) is 27.8 Å². The molecule has 0 bridgehead atoms. The summed E-state index contributed by atoms with van der Waals surface area (Å²) in [5, 5.41) is 10.5. The largest absolute Gasteiger partial charge is 0.368 e. The van der Waals surface area contributed by atoms with Crippen molar-refractivity contribution in [3.8, 4) is 0 Å². The molecule has 0 saturated heterocycles. The molecule has 0 aliphatic rings. The monoisotopic (exact) mass is 414 g/mol. The summed E-state index contributed by atoms with van der Waals surface area (Å²) in [6.07, 6.45) is 0. The van der Waals surface area contributed by atoms with Gasteiger partial charge < -0.3 is 11.1 Å². The number of aromatic nitrogens is 2. The first-order chi connectivity index (χ1) is 14.8. The summed E-state index contributed by atoms with van der Waals surface area (Å²) >= 11 is 0. The van der Waals surface area contributed by atoms with Crippen LogP contribution in [0.1, 0.15) is 36.8 Å². The molecule has 0 radical (unpaired) electrons. The quantitative estimate of drug-likeness (QED) is 0.519. The molecule has 0 aliphatic heterocycles. The maximum Gasteiger partial charge on any atom is 0.273 e. The van der Waals surface area contributed by atoms with Gasteiger partial charge in [0.25, 0.3) is 5.91 Å². The predicted octanol–water partition coefficient (Wildman–Crippen LogP) is 3.87. The van der Waals surface area contributed by atoms with Gasteiger partial charge in [-0.3, -0.25) is 14.3 Å². The number of hydrogen-bond acceptors (Lipinski definition) is 3. The van der Waals surface area contributed by atoms with E-state index in [0.29, 0.717) is 6.54 Å². The first-order valence-electron chi connectivity index (χ1n) is 10.3. The molecule has 1 atom stereocenters. The number of carbonyl (C=O) groups excluding carboxylic acids is 2. The van der Waals surface area contributed by atoms with Gasteiger partial charge in [0.1, 0.15) is 6.04 Å². The molecule has 31 heavy (non-hydrogen) atoms. The lowest BCUT2D eigenvalue weighted by Gasteiger charge is -2.28. The minimum Gasteiger partial charge on any atom is -0.368 e. The topological polar surface area (TPSA) is 90.0 Å². The number of nitrogens with two attached hydrogens (primary N) is 1. The van der Waals surface area contributed by atoms with E-state index in [4.69, 9.17) is 5.73 Å². The van der Waals surface area contributed by atoms with Gasteiger partial charge >= 0.3 is 0 Å². The van der Waals surface area contributed by atoms with Crippen molar-refractivity contribution in [1.82, 2.24) is 15.1 Å². The Morgan fingerprint density at radius 2 is 1.61 bits per heavy atom. The van der Waals surface area contributed by atoms with Gasteiger partial charge in [-0.1, -0.05) is 81.4 Å². The lowest BCUT2D eigenvalue weighted by molar-refractivity contribution is -0.122. The fourth-order valence-corrected chi connectivity index (χ4v) is 3.92. The van der Waals surface area contributed by atoms with Crippen molar-refractivity contribution < 1.29 is 9.59 Å². The van der Waals surface area contributed by atoms with Crippen LogP contribution in [-0.4, -0.2) is 27.6 Å². The van der Waals surface area contributed by atoms with E-state index in [1.165, 1.54) is 0 Å². The highest BCUT2D eigenvalue weighted by Crippen LogP contribution is 2.24. The number of amides is 2. The van der Waals surface area contributed by atoms with Crippen LogP contribution < -0.4 is 11.1 Å². The molecule has 3 N–H and O–H groups in total. The summed E-state index contributed by atoms with van der Waals surface area (Å²) in [6.45, 7) is 6.10. The molecule has 0 unspecified atom stereocenters. The fraction of sp³-hybridized carbons (Fsp3) is 0.240. The summed E-state index contributed by atoms with van der Waals surface area (Å²) in [7, 11) is 0. The Kier molecular flexibility index (Phi) is 5.23. The van der Waals surface area contributed by atoms with Gasteiger partial charge in [-0.25, -0.2) is 0 Å². The average Bonchev–Trinajstić information content (AvgIpc) is 3.10. The van der Waals surface area contributed by atoms with E-state index in [1.807, 2.05) is 67.9 Å². The van der Waals surface area contributed by atoms with Crippen LogP contribution in [0.5, 0.6) is 0 Å². The highest BCUT2D eigenvalue weighted by Gasteiger charge is 2.32. The Morgan fingerprint density at radius 1 is 0.968 bits per heavy atom. The molecule has 4 aromatic rings. The van der Waals surface area contributed by atoms with Crippen molar-refractivity contribution in [2.75, 3.05) is 0 Å². The molecule has 0 saturated carbocycles. The van der Waals surface area contributed by atoms with Gasteiger partial charge in [0.15, 0.2) is 5.69 Å². The van der Waals surface area contributed by atoms with Crippen LogP contribution in [0.3, 0.4) is 0 Å². The molecule has 158 valence electrons. The van der Waals surface area contributed by atoms with Crippen LogP contribution in [0.4, 0.5) is 0 Å². The molecular formula is C25H26N4O2. The number of carbonyl (C=O) groups is 2. The lowest BCUT2D eigenvalue weighted by atomic mass is 9.86. The zero-order valence-corrected chi connectivity index (χ0v) is 17.9. The van der Waals surface area contributed by atoms with E-state index in [0.717, 1.165) is 27.2 Å². The maximum atomic E-state index is 13.1. The minimum atomic E-state index is -0.804. The second-order valence-corrected chi connectivity index (χ2v) is 8.84. The third-order valence-electron chi connectivity index (χ3n) is 5.50. The number of fused-ring (bicyclic) bond motifs is 2. The van der Waals surface area contributed by atoms with Crippen LogP contribution >= 0.6 is 0 Å². The molecule has 3 aromatic carbocycles. The molecule has 6 nitrogen and oxygen atoms in total. The summed E-state index contributed by atoms with van der Waals surface area (Å²) in [4.78, 5) is 25.0. The van der Waals surface area contributed by atoms with Crippen molar-refractivity contribution in [3.05, 3.63) is 78.0 Å². The number of nitrogens with one attached hydrogen (secondary N) is 1. The van der Waals surface area contributed by atoms with Gasteiger partial charge in [0.2, 0.25) is 5.91 Å². The first kappa shape index (κ1) is 20.6. The summed E-state index contributed by atoms with van der Waals surface area (Å²) in [5.41, 5.74) is 7.28. The minimum absolute atomic E-state index is 0.284. The molecule has 4 rings (SSSR count). The Balaban J connectivity index is 1.74. The van der Waals surface area contributed by atoms with E-state index in [2.05, 4.69) is 34.7 Å². The third-order valence-corrected chi connectivity index (χ3v) is 5.50. The van der Waals surface area contributed by atoms with Crippen LogP contribution in [-0.2, 0) is 11.3 Å². The smallest absolute Gasteiger partial charge is 0.273 e. The summed E-state index contributed by atoms with van der Waals surface area (Å²) < 4.78 is 1.84. The van der Waals surface area contributed by atoms with Crippen molar-refractivity contribution in [2.45, 2.75) is 33.4 Å². The first-order valence-corrected chi connectivity index (χ1v) is 10.3. The molecule has 6 heteroatoms. The summed E-state index contributed by atoms with van der Waals surface area (Å²) in [5.74, 6) is -0.980. The Labute approximate surface area is 181 Å². The zero-order chi connectivity index (χ0) is 22.2. The van der Waals surface area contributed by atoms with Gasteiger partial charge in [-0.15, -0.1) is 0 Å². The highest BCUT2D eigenvalue weighted by atomic mass is 16.2. The Morgan fingerprint density at radius 3 is 2.32 bits per heavy atom. The lowest BCUT2D eigenvalue weighted by Crippen LogP contribution is -2.52. The highest BCUT2D eigenvalue weighted by molar-refractivity contribution is 6.06. The van der Waals surface area contributed by atoms with Crippen LogP contribution in [0.2, 0.25) is 0 Å². The normalized spacial score (nSPS) is 12.7. The van der Waals surface area contributed by atoms with E-state index in [-0.39, 0.29) is 5.69 Å². The second kappa shape index (κ2) is 7.87. The van der Waals surface area contributed by atoms with E-state index < -0.39 is 23.3 Å². The van der Waals surface area contributed by atoms with Crippen molar-refractivity contribution in [1.29, 1.82) is 0 Å². The van der Waals surface area contributed by atoms with Gasteiger partial charge in [0, 0.05) is 5.39 Å². The Hall–Kier alpha value is -3.67. The SMILES string of the molecule is CC(C)(C)[C@H](NC(=O)c1nn(Cc2cccc3ccccc23)c2ccccc12)C(N)=O.